The number of amides is 2. The molecule has 2 rings (SSSR count). The zero-order valence-corrected chi connectivity index (χ0v) is 11.5. The highest BCUT2D eigenvalue weighted by molar-refractivity contribution is 5.83. The molecule has 0 bridgehead atoms. The van der Waals surface area contributed by atoms with E-state index in [1.165, 1.54) is 0 Å². The molecule has 1 aromatic rings. The minimum Gasteiger partial charge on any atom is -0.480 e. The molecular weight excluding hydrogens is 256 g/mol. The lowest BCUT2D eigenvalue weighted by atomic mass is 10.0. The van der Waals surface area contributed by atoms with Crippen molar-refractivity contribution in [1.29, 1.82) is 0 Å². The van der Waals surface area contributed by atoms with E-state index in [1.807, 2.05) is 37.3 Å². The number of hydrogen-bond donors (Lipinski definition) is 3. The van der Waals surface area contributed by atoms with Crippen molar-refractivity contribution >= 4 is 12.0 Å². The van der Waals surface area contributed by atoms with Gasteiger partial charge in [0, 0.05) is 6.54 Å². The van der Waals surface area contributed by atoms with E-state index in [-0.39, 0.29) is 11.8 Å². The molecule has 5 heteroatoms. The summed E-state index contributed by atoms with van der Waals surface area (Å²) >= 11 is 0. The molecule has 1 aliphatic rings. The Labute approximate surface area is 118 Å². The largest absolute Gasteiger partial charge is 0.480 e. The number of nitrogens with one attached hydrogen (secondary N) is 2. The second-order valence-corrected chi connectivity index (χ2v) is 5.32. The average Bonchev–Trinajstić information content (AvgIpc) is 3.27. The maximum Gasteiger partial charge on any atom is 0.326 e. The molecular formula is C15H20N2O3. The fourth-order valence-electron chi connectivity index (χ4n) is 2.15. The number of carbonyl (C=O) groups is 2. The number of aliphatic carboxylic acids is 1. The maximum absolute atomic E-state index is 11.7. The van der Waals surface area contributed by atoms with Crippen LogP contribution in [0.5, 0.6) is 0 Å². The molecule has 1 aliphatic carbocycles. The van der Waals surface area contributed by atoms with Crippen molar-refractivity contribution in [2.75, 3.05) is 6.54 Å². The molecule has 1 fully saturated rings. The van der Waals surface area contributed by atoms with Gasteiger partial charge in [0.2, 0.25) is 0 Å². The van der Waals surface area contributed by atoms with Gasteiger partial charge in [0.15, 0.2) is 0 Å². The van der Waals surface area contributed by atoms with E-state index in [4.69, 9.17) is 5.11 Å². The van der Waals surface area contributed by atoms with E-state index < -0.39 is 18.0 Å². The monoisotopic (exact) mass is 276 g/mol. The Morgan fingerprint density at radius 1 is 1.30 bits per heavy atom. The van der Waals surface area contributed by atoms with Crippen LogP contribution in [-0.2, 0) is 4.79 Å². The third-order valence-corrected chi connectivity index (χ3v) is 3.58. The number of rotatable bonds is 6. The van der Waals surface area contributed by atoms with Gasteiger partial charge in [-0.05, 0) is 30.2 Å². The van der Waals surface area contributed by atoms with Crippen molar-refractivity contribution < 1.29 is 14.7 Å². The van der Waals surface area contributed by atoms with Crippen LogP contribution in [0.2, 0.25) is 0 Å². The van der Waals surface area contributed by atoms with Gasteiger partial charge in [-0.2, -0.15) is 0 Å². The summed E-state index contributed by atoms with van der Waals surface area (Å²) in [7, 11) is 0. The molecule has 1 aromatic carbocycles. The van der Waals surface area contributed by atoms with E-state index in [0.29, 0.717) is 6.54 Å². The van der Waals surface area contributed by atoms with E-state index in [1.54, 1.807) is 0 Å². The van der Waals surface area contributed by atoms with E-state index in [2.05, 4.69) is 10.6 Å². The molecule has 0 heterocycles. The van der Waals surface area contributed by atoms with Crippen molar-refractivity contribution in [3.05, 3.63) is 35.9 Å². The SMILES string of the molecule is CC(CNC(=O)NC(C(=O)O)C1CC1)c1ccccc1. The minimum absolute atomic E-state index is 0.0878. The summed E-state index contributed by atoms with van der Waals surface area (Å²) < 4.78 is 0. The van der Waals surface area contributed by atoms with Crippen LogP contribution in [0.25, 0.3) is 0 Å². The van der Waals surface area contributed by atoms with Crippen LogP contribution < -0.4 is 10.6 Å². The van der Waals surface area contributed by atoms with Gasteiger partial charge in [-0.25, -0.2) is 9.59 Å². The van der Waals surface area contributed by atoms with Crippen molar-refractivity contribution in [3.8, 4) is 0 Å². The van der Waals surface area contributed by atoms with Gasteiger partial charge in [0.25, 0.3) is 0 Å². The summed E-state index contributed by atoms with van der Waals surface area (Å²) in [6, 6.07) is 8.71. The number of hydrogen-bond acceptors (Lipinski definition) is 2. The Morgan fingerprint density at radius 2 is 1.95 bits per heavy atom. The first-order valence-corrected chi connectivity index (χ1v) is 6.90. The zero-order valence-electron chi connectivity index (χ0n) is 11.5. The van der Waals surface area contributed by atoms with Crippen LogP contribution in [-0.4, -0.2) is 29.7 Å². The Morgan fingerprint density at radius 3 is 2.50 bits per heavy atom. The number of carboxylic acid groups (broad SMARTS) is 1. The lowest BCUT2D eigenvalue weighted by Crippen LogP contribution is -2.47. The molecule has 20 heavy (non-hydrogen) atoms. The number of benzene rings is 1. The first kappa shape index (κ1) is 14.4. The predicted octanol–water partition coefficient (Wildman–Crippen LogP) is 1.95. The molecule has 108 valence electrons. The Balaban J connectivity index is 1.78. The Kier molecular flexibility index (Phi) is 4.61. The van der Waals surface area contributed by atoms with Crippen LogP contribution in [0, 0.1) is 5.92 Å². The molecule has 0 radical (unpaired) electrons. The lowest BCUT2D eigenvalue weighted by Gasteiger charge is -2.17. The third kappa shape index (κ3) is 3.98. The van der Waals surface area contributed by atoms with Gasteiger partial charge in [-0.1, -0.05) is 37.3 Å². The number of urea groups is 1. The molecule has 0 saturated heterocycles. The lowest BCUT2D eigenvalue weighted by molar-refractivity contribution is -0.139. The predicted molar refractivity (Wildman–Crippen MR) is 75.5 cm³/mol. The van der Waals surface area contributed by atoms with E-state index >= 15 is 0 Å². The third-order valence-electron chi connectivity index (χ3n) is 3.58. The van der Waals surface area contributed by atoms with Gasteiger partial charge in [-0.3, -0.25) is 0 Å². The van der Waals surface area contributed by atoms with Gasteiger partial charge >= 0.3 is 12.0 Å². The topological polar surface area (TPSA) is 78.4 Å². The summed E-state index contributed by atoms with van der Waals surface area (Å²) in [4.78, 5) is 22.8. The smallest absolute Gasteiger partial charge is 0.326 e. The normalized spacial score (nSPS) is 17.1. The minimum atomic E-state index is -0.959. The fourth-order valence-corrected chi connectivity index (χ4v) is 2.15. The van der Waals surface area contributed by atoms with Crippen LogP contribution in [0.1, 0.15) is 31.2 Å². The summed E-state index contributed by atoms with van der Waals surface area (Å²) in [6.45, 7) is 2.50. The van der Waals surface area contributed by atoms with Crippen molar-refractivity contribution in [3.63, 3.8) is 0 Å². The molecule has 2 amide bonds. The molecule has 3 N–H and O–H groups in total. The van der Waals surface area contributed by atoms with Gasteiger partial charge in [-0.15, -0.1) is 0 Å². The highest BCUT2D eigenvalue weighted by Crippen LogP contribution is 2.32. The van der Waals surface area contributed by atoms with Crippen molar-refractivity contribution in [1.82, 2.24) is 10.6 Å². The fraction of sp³-hybridized carbons (Fsp3) is 0.467. The van der Waals surface area contributed by atoms with Gasteiger partial charge in [0.1, 0.15) is 6.04 Å². The standard InChI is InChI=1S/C15H20N2O3/c1-10(11-5-3-2-4-6-11)9-16-15(20)17-13(14(18)19)12-7-8-12/h2-6,10,12-13H,7-9H2,1H3,(H,18,19)(H2,16,17,20). The van der Waals surface area contributed by atoms with E-state index in [9.17, 15) is 9.59 Å². The summed E-state index contributed by atoms with van der Waals surface area (Å²) in [5.41, 5.74) is 1.14. The van der Waals surface area contributed by atoms with Crippen LogP contribution in [0.15, 0.2) is 30.3 Å². The van der Waals surface area contributed by atoms with E-state index in [0.717, 1.165) is 18.4 Å². The molecule has 0 aliphatic heterocycles. The molecule has 0 aromatic heterocycles. The van der Waals surface area contributed by atoms with Crippen LogP contribution in [0.4, 0.5) is 4.79 Å². The second kappa shape index (κ2) is 6.41. The molecule has 1 saturated carbocycles. The quantitative estimate of drug-likeness (QED) is 0.743. The van der Waals surface area contributed by atoms with Crippen molar-refractivity contribution in [2.45, 2.75) is 31.7 Å². The Bertz CT molecular complexity index is 471. The molecule has 0 spiro atoms. The number of carboxylic acids is 1. The zero-order chi connectivity index (χ0) is 14.5. The maximum atomic E-state index is 11.7. The molecule has 2 unspecified atom stereocenters. The summed E-state index contributed by atoms with van der Waals surface area (Å²) in [5.74, 6) is -0.685. The highest BCUT2D eigenvalue weighted by atomic mass is 16.4. The first-order chi connectivity index (χ1) is 9.58. The highest BCUT2D eigenvalue weighted by Gasteiger charge is 2.37. The second-order valence-electron chi connectivity index (χ2n) is 5.32. The Hall–Kier alpha value is -2.04. The van der Waals surface area contributed by atoms with Crippen molar-refractivity contribution in [2.24, 2.45) is 5.92 Å². The van der Waals surface area contributed by atoms with Gasteiger partial charge < -0.3 is 15.7 Å². The molecule has 5 nitrogen and oxygen atoms in total. The average molecular weight is 276 g/mol. The summed E-state index contributed by atoms with van der Waals surface area (Å²) in [5, 5.41) is 14.3. The summed E-state index contributed by atoms with van der Waals surface area (Å²) in [6.07, 6.45) is 1.75. The van der Waals surface area contributed by atoms with Gasteiger partial charge in [0.05, 0.1) is 0 Å². The van der Waals surface area contributed by atoms with Crippen LogP contribution in [0.3, 0.4) is 0 Å². The first-order valence-electron chi connectivity index (χ1n) is 6.90. The molecule has 2 atom stereocenters. The van der Waals surface area contributed by atoms with Crippen LogP contribution >= 0.6 is 0 Å². The number of carbonyl (C=O) groups excluding carboxylic acids is 1.